The second kappa shape index (κ2) is 7.62. The van der Waals surface area contributed by atoms with Crippen molar-refractivity contribution in [3.63, 3.8) is 0 Å². The molecule has 1 aromatic carbocycles. The first-order valence-corrected chi connectivity index (χ1v) is 10.6. The maximum atomic E-state index is 13.4. The SMILES string of the molecule is Cc1c(C(=O)Nc2c(-c3cnn(C)c3)nc3ccccn23)nnn1-c1cccc2ncccc12. The molecule has 34 heavy (non-hydrogen) atoms. The van der Waals surface area contributed by atoms with Crippen LogP contribution in [0.3, 0.4) is 0 Å². The summed E-state index contributed by atoms with van der Waals surface area (Å²) in [5.74, 6) is 0.162. The van der Waals surface area contributed by atoms with Crippen LogP contribution in [0, 0.1) is 6.92 Å². The van der Waals surface area contributed by atoms with Crippen LogP contribution in [0.25, 0.3) is 33.5 Å². The van der Waals surface area contributed by atoms with Gasteiger partial charge in [0, 0.05) is 36.6 Å². The molecule has 10 heteroatoms. The van der Waals surface area contributed by atoms with Crippen LogP contribution >= 0.6 is 0 Å². The topological polar surface area (TPSA) is 108 Å². The van der Waals surface area contributed by atoms with Crippen molar-refractivity contribution in [1.82, 2.24) is 39.1 Å². The lowest BCUT2D eigenvalue weighted by Gasteiger charge is -2.08. The lowest BCUT2D eigenvalue weighted by atomic mass is 10.2. The Bertz CT molecular complexity index is 1690. The zero-order valence-corrected chi connectivity index (χ0v) is 18.4. The number of anilines is 1. The van der Waals surface area contributed by atoms with Gasteiger partial charge in [0.25, 0.3) is 5.91 Å². The van der Waals surface area contributed by atoms with Crippen LogP contribution in [0.15, 0.2) is 73.3 Å². The number of aryl methyl sites for hydroxylation is 1. The predicted molar refractivity (Wildman–Crippen MR) is 127 cm³/mol. The molecule has 0 fully saturated rings. The molecule has 0 radical (unpaired) electrons. The molecule has 1 N–H and O–H groups in total. The number of rotatable bonds is 4. The predicted octanol–water partition coefficient (Wildman–Crippen LogP) is 3.42. The van der Waals surface area contributed by atoms with Crippen molar-refractivity contribution in [2.24, 2.45) is 7.05 Å². The standard InChI is InChI=1S/C24H19N9O/c1-15-21(29-30-33(15)19-9-5-8-18-17(19)7-6-11-25-18)24(34)28-23-22(16-13-26-31(2)14-16)27-20-10-3-4-12-32(20)23/h3-14H,1-2H3,(H,28,34). The monoisotopic (exact) mass is 449 g/mol. The van der Waals surface area contributed by atoms with Crippen LogP contribution in [-0.2, 0) is 7.05 Å². The lowest BCUT2D eigenvalue weighted by molar-refractivity contribution is 0.102. The van der Waals surface area contributed by atoms with Gasteiger partial charge in [0.05, 0.1) is 23.1 Å². The molecule has 0 bridgehead atoms. The Morgan fingerprint density at radius 3 is 2.82 bits per heavy atom. The average molecular weight is 449 g/mol. The van der Waals surface area contributed by atoms with E-state index in [-0.39, 0.29) is 11.6 Å². The Balaban J connectivity index is 1.41. The summed E-state index contributed by atoms with van der Waals surface area (Å²) in [6.45, 7) is 1.82. The van der Waals surface area contributed by atoms with Gasteiger partial charge >= 0.3 is 0 Å². The van der Waals surface area contributed by atoms with E-state index in [9.17, 15) is 4.79 Å². The van der Waals surface area contributed by atoms with Crippen molar-refractivity contribution in [3.05, 3.63) is 84.7 Å². The zero-order valence-electron chi connectivity index (χ0n) is 18.4. The summed E-state index contributed by atoms with van der Waals surface area (Å²) in [6, 6.07) is 15.3. The van der Waals surface area contributed by atoms with Gasteiger partial charge in [-0.25, -0.2) is 9.67 Å². The number of carbonyl (C=O) groups excluding carboxylic acids is 1. The van der Waals surface area contributed by atoms with Crippen molar-refractivity contribution >= 4 is 28.3 Å². The summed E-state index contributed by atoms with van der Waals surface area (Å²) in [7, 11) is 1.84. The van der Waals surface area contributed by atoms with Gasteiger partial charge in [-0.1, -0.05) is 17.3 Å². The molecular formula is C24H19N9O. The number of pyridine rings is 2. The molecule has 0 saturated heterocycles. The highest BCUT2D eigenvalue weighted by atomic mass is 16.2. The van der Waals surface area contributed by atoms with Gasteiger partial charge in [-0.3, -0.25) is 18.9 Å². The van der Waals surface area contributed by atoms with Gasteiger partial charge in [0.2, 0.25) is 0 Å². The van der Waals surface area contributed by atoms with Crippen molar-refractivity contribution in [2.45, 2.75) is 6.92 Å². The summed E-state index contributed by atoms with van der Waals surface area (Å²) in [6.07, 6.45) is 7.17. The molecular weight excluding hydrogens is 430 g/mol. The van der Waals surface area contributed by atoms with E-state index in [0.717, 1.165) is 22.2 Å². The molecule has 5 aromatic heterocycles. The van der Waals surface area contributed by atoms with E-state index in [1.165, 1.54) is 0 Å². The molecule has 0 unspecified atom stereocenters. The van der Waals surface area contributed by atoms with Crippen LogP contribution in [-0.4, -0.2) is 45.1 Å². The Morgan fingerprint density at radius 2 is 1.97 bits per heavy atom. The summed E-state index contributed by atoms with van der Waals surface area (Å²) < 4.78 is 5.19. The third kappa shape index (κ3) is 3.12. The number of imidazole rings is 1. The minimum atomic E-state index is -0.377. The molecule has 6 rings (SSSR count). The van der Waals surface area contributed by atoms with Crippen molar-refractivity contribution in [3.8, 4) is 16.9 Å². The molecule has 0 spiro atoms. The molecule has 5 heterocycles. The zero-order chi connectivity index (χ0) is 23.2. The number of carbonyl (C=O) groups is 1. The Morgan fingerprint density at radius 1 is 1.06 bits per heavy atom. The van der Waals surface area contributed by atoms with Crippen LogP contribution in [0.4, 0.5) is 5.82 Å². The number of benzene rings is 1. The minimum absolute atomic E-state index is 0.226. The molecule has 10 nitrogen and oxygen atoms in total. The Hall–Kier alpha value is -4.86. The largest absolute Gasteiger partial charge is 0.304 e. The lowest BCUT2D eigenvalue weighted by Crippen LogP contribution is -2.16. The van der Waals surface area contributed by atoms with Crippen molar-refractivity contribution in [2.75, 3.05) is 5.32 Å². The quantitative estimate of drug-likeness (QED) is 0.442. The fourth-order valence-electron chi connectivity index (χ4n) is 4.07. The van der Waals surface area contributed by atoms with Crippen LogP contribution < -0.4 is 5.32 Å². The number of hydrogen-bond donors (Lipinski definition) is 1. The van der Waals surface area contributed by atoms with E-state index in [1.54, 1.807) is 21.8 Å². The van der Waals surface area contributed by atoms with Gasteiger partial charge in [0.1, 0.15) is 17.2 Å². The molecule has 1 amide bonds. The van der Waals surface area contributed by atoms with Crippen LogP contribution in [0.1, 0.15) is 16.2 Å². The summed E-state index contributed by atoms with van der Waals surface area (Å²) in [4.78, 5) is 22.5. The maximum Gasteiger partial charge on any atom is 0.279 e. The van der Waals surface area contributed by atoms with Crippen LogP contribution in [0.5, 0.6) is 0 Å². The van der Waals surface area contributed by atoms with Gasteiger partial charge in [-0.15, -0.1) is 5.10 Å². The first-order chi connectivity index (χ1) is 16.6. The van der Waals surface area contributed by atoms with Gasteiger partial charge in [-0.2, -0.15) is 5.10 Å². The number of fused-ring (bicyclic) bond motifs is 2. The smallest absolute Gasteiger partial charge is 0.279 e. The highest BCUT2D eigenvalue weighted by Crippen LogP contribution is 2.29. The number of nitrogens with one attached hydrogen (secondary N) is 1. The Kier molecular flexibility index (Phi) is 4.44. The van der Waals surface area contributed by atoms with E-state index in [2.05, 4.69) is 25.7 Å². The highest BCUT2D eigenvalue weighted by molar-refractivity contribution is 6.05. The number of nitrogens with zero attached hydrogens (tertiary/aromatic N) is 8. The van der Waals surface area contributed by atoms with Crippen molar-refractivity contribution in [1.29, 1.82) is 0 Å². The fraction of sp³-hybridized carbons (Fsp3) is 0.0833. The summed E-state index contributed by atoms with van der Waals surface area (Å²) >= 11 is 0. The van der Waals surface area contributed by atoms with E-state index >= 15 is 0 Å². The second-order valence-electron chi connectivity index (χ2n) is 7.88. The fourth-order valence-corrected chi connectivity index (χ4v) is 4.07. The second-order valence-corrected chi connectivity index (χ2v) is 7.88. The maximum absolute atomic E-state index is 13.4. The number of amides is 1. The van der Waals surface area contributed by atoms with Gasteiger partial charge in [-0.05, 0) is 43.3 Å². The number of aromatic nitrogens is 8. The third-order valence-electron chi connectivity index (χ3n) is 5.70. The highest BCUT2D eigenvalue weighted by Gasteiger charge is 2.23. The molecule has 166 valence electrons. The molecule has 0 aliphatic heterocycles. The number of hydrogen-bond acceptors (Lipinski definition) is 6. The van der Waals surface area contributed by atoms with E-state index < -0.39 is 0 Å². The third-order valence-corrected chi connectivity index (χ3v) is 5.70. The van der Waals surface area contributed by atoms with Gasteiger partial charge in [0.15, 0.2) is 5.69 Å². The molecule has 0 aliphatic carbocycles. The summed E-state index contributed by atoms with van der Waals surface area (Å²) in [5, 5.41) is 16.6. The molecule has 0 aliphatic rings. The van der Waals surface area contributed by atoms with Gasteiger partial charge < -0.3 is 5.32 Å². The normalized spacial score (nSPS) is 11.4. The molecule has 0 atom stereocenters. The van der Waals surface area contributed by atoms with Crippen LogP contribution in [0.2, 0.25) is 0 Å². The molecule has 0 saturated carbocycles. The molecule has 6 aromatic rings. The minimum Gasteiger partial charge on any atom is -0.304 e. The van der Waals surface area contributed by atoms with E-state index in [1.807, 2.05) is 79.3 Å². The van der Waals surface area contributed by atoms with E-state index in [0.29, 0.717) is 22.9 Å². The summed E-state index contributed by atoms with van der Waals surface area (Å²) in [5.41, 5.74) is 4.62. The van der Waals surface area contributed by atoms with E-state index in [4.69, 9.17) is 4.98 Å². The Labute approximate surface area is 193 Å². The first-order valence-electron chi connectivity index (χ1n) is 10.6. The first kappa shape index (κ1) is 19.8. The van der Waals surface area contributed by atoms with Crippen molar-refractivity contribution < 1.29 is 4.79 Å². The average Bonchev–Trinajstić information content (AvgIpc) is 3.56.